The van der Waals surface area contributed by atoms with E-state index in [1.807, 2.05) is 0 Å². The summed E-state index contributed by atoms with van der Waals surface area (Å²) >= 11 is 0. The van der Waals surface area contributed by atoms with Crippen molar-refractivity contribution in [2.75, 3.05) is 19.7 Å². The van der Waals surface area contributed by atoms with Crippen molar-refractivity contribution in [3.05, 3.63) is 24.3 Å². The molecule has 0 spiro atoms. The van der Waals surface area contributed by atoms with Gasteiger partial charge in [-0.15, -0.1) is 0 Å². The molecule has 72 valence electrons. The van der Waals surface area contributed by atoms with Gasteiger partial charge in [-0.1, -0.05) is 6.92 Å². The highest BCUT2D eigenvalue weighted by Crippen LogP contribution is 1.99. The summed E-state index contributed by atoms with van der Waals surface area (Å²) in [7, 11) is 0. The molecular formula is C9H15N3O. The fourth-order valence-electron chi connectivity index (χ4n) is 1.16. The minimum atomic E-state index is 0.196. The average Bonchev–Trinajstić information content (AvgIpc) is 2.19. The summed E-state index contributed by atoms with van der Waals surface area (Å²) in [5.74, 6) is 0. The van der Waals surface area contributed by atoms with Gasteiger partial charge in [0.2, 0.25) is 0 Å². The zero-order valence-corrected chi connectivity index (χ0v) is 7.85. The quantitative estimate of drug-likeness (QED) is 0.709. The minimum Gasteiger partial charge on any atom is -0.395 e. The van der Waals surface area contributed by atoms with Gasteiger partial charge in [0.15, 0.2) is 0 Å². The molecule has 0 aromatic carbocycles. The number of aliphatic hydroxyl groups excluding tert-OH is 1. The third kappa shape index (κ3) is 3.48. The Labute approximate surface area is 78.2 Å². The van der Waals surface area contributed by atoms with Crippen molar-refractivity contribution in [2.24, 2.45) is 0 Å². The minimum absolute atomic E-state index is 0.196. The van der Waals surface area contributed by atoms with Crippen molar-refractivity contribution in [3.63, 3.8) is 0 Å². The zero-order valence-electron chi connectivity index (χ0n) is 7.85. The van der Waals surface area contributed by atoms with E-state index in [9.17, 15) is 0 Å². The Morgan fingerprint density at radius 1 is 1.38 bits per heavy atom. The molecule has 0 unspecified atom stereocenters. The molecule has 1 rings (SSSR count). The first-order chi connectivity index (χ1) is 6.36. The lowest BCUT2D eigenvalue weighted by molar-refractivity contribution is 0.196. The molecule has 13 heavy (non-hydrogen) atoms. The van der Waals surface area contributed by atoms with Crippen LogP contribution in [0.25, 0.3) is 0 Å². The van der Waals surface area contributed by atoms with Crippen LogP contribution < -0.4 is 0 Å². The van der Waals surface area contributed by atoms with Crippen LogP contribution in [0.1, 0.15) is 12.5 Å². The predicted molar refractivity (Wildman–Crippen MR) is 50.1 cm³/mol. The van der Waals surface area contributed by atoms with Gasteiger partial charge in [0, 0.05) is 31.0 Å². The second-order valence-corrected chi connectivity index (χ2v) is 2.84. The van der Waals surface area contributed by atoms with E-state index in [0.29, 0.717) is 6.54 Å². The molecule has 1 aromatic heterocycles. The molecule has 0 saturated heterocycles. The van der Waals surface area contributed by atoms with E-state index in [-0.39, 0.29) is 6.61 Å². The lowest BCUT2D eigenvalue weighted by atomic mass is 10.3. The van der Waals surface area contributed by atoms with E-state index < -0.39 is 0 Å². The highest BCUT2D eigenvalue weighted by Gasteiger charge is 2.02. The summed E-state index contributed by atoms with van der Waals surface area (Å²) in [6.45, 7) is 4.69. The Morgan fingerprint density at radius 2 is 2.08 bits per heavy atom. The van der Waals surface area contributed by atoms with Crippen LogP contribution in [-0.4, -0.2) is 39.7 Å². The van der Waals surface area contributed by atoms with Crippen molar-refractivity contribution >= 4 is 0 Å². The topological polar surface area (TPSA) is 49.2 Å². The highest BCUT2D eigenvalue weighted by molar-refractivity contribution is 5.01. The maximum atomic E-state index is 8.77. The summed E-state index contributed by atoms with van der Waals surface area (Å²) in [6, 6.07) is 0. The standard InChI is InChI=1S/C9H15N3O/c1-2-12(3-4-13)7-9-5-10-8-11-6-9/h5-6,8,13H,2-4,7H2,1H3. The molecule has 1 N–H and O–H groups in total. The van der Waals surface area contributed by atoms with Crippen molar-refractivity contribution in [1.82, 2.24) is 14.9 Å². The van der Waals surface area contributed by atoms with Crippen LogP contribution in [0, 0.1) is 0 Å². The Morgan fingerprint density at radius 3 is 2.62 bits per heavy atom. The van der Waals surface area contributed by atoms with Gasteiger partial charge in [-0.2, -0.15) is 0 Å². The largest absolute Gasteiger partial charge is 0.395 e. The normalized spacial score (nSPS) is 10.7. The van der Waals surface area contributed by atoms with Crippen LogP contribution in [0.15, 0.2) is 18.7 Å². The van der Waals surface area contributed by atoms with Gasteiger partial charge in [-0.25, -0.2) is 9.97 Å². The van der Waals surface area contributed by atoms with E-state index >= 15 is 0 Å². The molecule has 1 heterocycles. The van der Waals surface area contributed by atoms with E-state index in [0.717, 1.165) is 18.7 Å². The van der Waals surface area contributed by atoms with Gasteiger partial charge in [0.25, 0.3) is 0 Å². The molecule has 4 nitrogen and oxygen atoms in total. The fourth-order valence-corrected chi connectivity index (χ4v) is 1.16. The first-order valence-corrected chi connectivity index (χ1v) is 4.44. The molecule has 0 saturated carbocycles. The van der Waals surface area contributed by atoms with Gasteiger partial charge in [-0.05, 0) is 6.54 Å². The summed E-state index contributed by atoms with van der Waals surface area (Å²) < 4.78 is 0. The van der Waals surface area contributed by atoms with Crippen molar-refractivity contribution < 1.29 is 5.11 Å². The molecule has 0 atom stereocenters. The fraction of sp³-hybridized carbons (Fsp3) is 0.556. The van der Waals surface area contributed by atoms with Crippen LogP contribution >= 0.6 is 0 Å². The maximum absolute atomic E-state index is 8.77. The molecule has 1 aromatic rings. The van der Waals surface area contributed by atoms with E-state index in [1.165, 1.54) is 6.33 Å². The lowest BCUT2D eigenvalue weighted by Gasteiger charge is -2.18. The molecule has 0 amide bonds. The molecule has 0 fully saturated rings. The van der Waals surface area contributed by atoms with Gasteiger partial charge < -0.3 is 5.11 Å². The predicted octanol–water partition coefficient (Wildman–Crippen LogP) is 0.291. The first-order valence-electron chi connectivity index (χ1n) is 4.44. The molecule has 4 heteroatoms. The summed E-state index contributed by atoms with van der Waals surface area (Å²) in [6.07, 6.45) is 5.12. The Kier molecular flexibility index (Phi) is 4.35. The third-order valence-corrected chi connectivity index (χ3v) is 1.88. The van der Waals surface area contributed by atoms with Gasteiger partial charge in [-0.3, -0.25) is 4.90 Å². The number of aromatic nitrogens is 2. The number of likely N-dealkylation sites (N-methyl/N-ethyl adjacent to an activating group) is 1. The van der Waals surface area contributed by atoms with Crippen LogP contribution in [0.2, 0.25) is 0 Å². The van der Waals surface area contributed by atoms with Crippen LogP contribution in [0.4, 0.5) is 0 Å². The van der Waals surface area contributed by atoms with Crippen molar-refractivity contribution in [3.8, 4) is 0 Å². The smallest absolute Gasteiger partial charge is 0.115 e. The number of hydrogen-bond donors (Lipinski definition) is 1. The number of hydrogen-bond acceptors (Lipinski definition) is 4. The Balaban J connectivity index is 2.46. The monoisotopic (exact) mass is 181 g/mol. The van der Waals surface area contributed by atoms with Crippen molar-refractivity contribution in [1.29, 1.82) is 0 Å². The average molecular weight is 181 g/mol. The molecule has 0 radical (unpaired) electrons. The van der Waals surface area contributed by atoms with Gasteiger partial charge >= 0.3 is 0 Å². The SMILES string of the molecule is CCN(CCO)Cc1cncnc1. The van der Waals surface area contributed by atoms with Gasteiger partial charge in [0.1, 0.15) is 6.33 Å². The number of aliphatic hydroxyl groups is 1. The second kappa shape index (κ2) is 5.61. The molecule has 0 bridgehead atoms. The molecular weight excluding hydrogens is 166 g/mol. The van der Waals surface area contributed by atoms with Gasteiger partial charge in [0.05, 0.1) is 6.61 Å². The summed E-state index contributed by atoms with van der Waals surface area (Å²) in [5, 5.41) is 8.77. The third-order valence-electron chi connectivity index (χ3n) is 1.88. The lowest BCUT2D eigenvalue weighted by Crippen LogP contribution is -2.26. The van der Waals surface area contributed by atoms with E-state index in [1.54, 1.807) is 12.4 Å². The Bertz CT molecular complexity index is 228. The van der Waals surface area contributed by atoms with Crippen LogP contribution in [0.5, 0.6) is 0 Å². The first kappa shape index (κ1) is 10.1. The number of nitrogens with zero attached hydrogens (tertiary/aromatic N) is 3. The van der Waals surface area contributed by atoms with Crippen LogP contribution in [0.3, 0.4) is 0 Å². The highest BCUT2D eigenvalue weighted by atomic mass is 16.3. The Hall–Kier alpha value is -1.00. The van der Waals surface area contributed by atoms with E-state index in [4.69, 9.17) is 5.11 Å². The molecule has 0 aliphatic carbocycles. The van der Waals surface area contributed by atoms with E-state index in [2.05, 4.69) is 21.8 Å². The molecule has 0 aliphatic heterocycles. The zero-order chi connectivity index (χ0) is 9.52. The summed E-state index contributed by atoms with van der Waals surface area (Å²) in [4.78, 5) is 10.0. The second-order valence-electron chi connectivity index (χ2n) is 2.84. The molecule has 0 aliphatic rings. The van der Waals surface area contributed by atoms with Crippen LogP contribution in [-0.2, 0) is 6.54 Å². The van der Waals surface area contributed by atoms with Crippen molar-refractivity contribution in [2.45, 2.75) is 13.5 Å². The number of rotatable bonds is 5. The summed E-state index contributed by atoms with van der Waals surface area (Å²) in [5.41, 5.74) is 1.08. The maximum Gasteiger partial charge on any atom is 0.115 e.